The van der Waals surface area contributed by atoms with E-state index in [9.17, 15) is 4.79 Å². The normalized spacial score (nSPS) is 16.2. The first-order valence-corrected chi connectivity index (χ1v) is 8.69. The SMILES string of the molecule is Cl.O=C(NCCNC1CCCCCC1)c1sccc1Br. The summed E-state index contributed by atoms with van der Waals surface area (Å²) in [5, 5.41) is 8.43. The van der Waals surface area contributed by atoms with Gasteiger partial charge >= 0.3 is 0 Å². The Morgan fingerprint density at radius 1 is 1.25 bits per heavy atom. The molecular weight excluding hydrogens is 360 g/mol. The number of thiophene rings is 1. The minimum Gasteiger partial charge on any atom is -0.350 e. The van der Waals surface area contributed by atoms with E-state index in [0.717, 1.165) is 15.9 Å². The van der Waals surface area contributed by atoms with E-state index in [1.807, 2.05) is 11.4 Å². The molecule has 2 N–H and O–H groups in total. The number of amides is 1. The lowest BCUT2D eigenvalue weighted by Gasteiger charge is -2.16. The summed E-state index contributed by atoms with van der Waals surface area (Å²) in [4.78, 5) is 12.6. The molecule has 1 heterocycles. The molecule has 1 fully saturated rings. The highest BCUT2D eigenvalue weighted by Gasteiger charge is 2.12. The second-order valence-corrected chi connectivity index (χ2v) is 6.77. The van der Waals surface area contributed by atoms with Gasteiger partial charge in [0.05, 0.1) is 0 Å². The first-order valence-electron chi connectivity index (χ1n) is 7.02. The molecule has 20 heavy (non-hydrogen) atoms. The van der Waals surface area contributed by atoms with Gasteiger partial charge in [0.25, 0.3) is 5.91 Å². The van der Waals surface area contributed by atoms with Gasteiger partial charge in [0, 0.05) is 23.6 Å². The summed E-state index contributed by atoms with van der Waals surface area (Å²) < 4.78 is 0.881. The average molecular weight is 382 g/mol. The number of halogens is 2. The van der Waals surface area contributed by atoms with Gasteiger partial charge in [0.15, 0.2) is 0 Å². The maximum absolute atomic E-state index is 11.9. The molecule has 0 bridgehead atoms. The van der Waals surface area contributed by atoms with Gasteiger partial charge in [-0.1, -0.05) is 25.7 Å². The van der Waals surface area contributed by atoms with E-state index < -0.39 is 0 Å². The summed E-state index contributed by atoms with van der Waals surface area (Å²) in [6, 6.07) is 2.55. The minimum atomic E-state index is 0. The standard InChI is InChI=1S/C14H21BrN2OS.ClH/c15-12-7-10-19-13(12)14(18)17-9-8-16-11-5-3-1-2-4-6-11;/h7,10-11,16H,1-6,8-9H2,(H,17,18);1H. The Labute approximate surface area is 139 Å². The summed E-state index contributed by atoms with van der Waals surface area (Å²) in [7, 11) is 0. The van der Waals surface area contributed by atoms with Gasteiger partial charge in [0.1, 0.15) is 4.88 Å². The molecule has 1 aromatic rings. The predicted octanol–water partition coefficient (Wildman–Crippen LogP) is 3.97. The van der Waals surface area contributed by atoms with Crippen molar-refractivity contribution in [2.75, 3.05) is 13.1 Å². The Hall–Kier alpha value is -0.100. The molecule has 0 unspecified atom stereocenters. The van der Waals surface area contributed by atoms with E-state index >= 15 is 0 Å². The fourth-order valence-corrected chi connectivity index (χ4v) is 3.94. The Morgan fingerprint density at radius 2 is 1.95 bits per heavy atom. The van der Waals surface area contributed by atoms with Crippen LogP contribution in [0.5, 0.6) is 0 Å². The summed E-state index contributed by atoms with van der Waals surface area (Å²) in [5.74, 6) is 0.0181. The van der Waals surface area contributed by atoms with Crippen LogP contribution in [0.3, 0.4) is 0 Å². The van der Waals surface area contributed by atoms with Crippen molar-refractivity contribution in [1.82, 2.24) is 10.6 Å². The highest BCUT2D eigenvalue weighted by Crippen LogP contribution is 2.22. The van der Waals surface area contributed by atoms with Crippen molar-refractivity contribution in [3.8, 4) is 0 Å². The number of hydrogen-bond donors (Lipinski definition) is 2. The smallest absolute Gasteiger partial charge is 0.262 e. The lowest BCUT2D eigenvalue weighted by Crippen LogP contribution is -2.36. The summed E-state index contributed by atoms with van der Waals surface area (Å²) >= 11 is 4.85. The van der Waals surface area contributed by atoms with Crippen molar-refractivity contribution >= 4 is 45.6 Å². The van der Waals surface area contributed by atoms with Crippen LogP contribution in [0, 0.1) is 0 Å². The molecule has 6 heteroatoms. The number of carbonyl (C=O) groups is 1. The van der Waals surface area contributed by atoms with Crippen molar-refractivity contribution in [2.45, 2.75) is 44.6 Å². The maximum Gasteiger partial charge on any atom is 0.262 e. The molecule has 1 saturated carbocycles. The van der Waals surface area contributed by atoms with Crippen molar-refractivity contribution in [3.05, 3.63) is 20.8 Å². The molecule has 0 spiro atoms. The molecule has 3 nitrogen and oxygen atoms in total. The maximum atomic E-state index is 11.9. The largest absolute Gasteiger partial charge is 0.350 e. The van der Waals surface area contributed by atoms with Crippen molar-refractivity contribution < 1.29 is 4.79 Å². The quantitative estimate of drug-likeness (QED) is 0.598. The molecule has 0 radical (unpaired) electrons. The average Bonchev–Trinajstić information content (AvgIpc) is 2.68. The molecule has 2 rings (SSSR count). The number of carbonyl (C=O) groups excluding carboxylic acids is 1. The number of nitrogens with one attached hydrogen (secondary N) is 2. The van der Waals surface area contributed by atoms with Crippen molar-refractivity contribution in [1.29, 1.82) is 0 Å². The second kappa shape index (κ2) is 9.77. The van der Waals surface area contributed by atoms with Gasteiger partial charge in [-0.15, -0.1) is 23.7 Å². The fourth-order valence-electron chi connectivity index (χ4n) is 2.47. The van der Waals surface area contributed by atoms with Crippen molar-refractivity contribution in [3.63, 3.8) is 0 Å². The van der Waals surface area contributed by atoms with E-state index in [-0.39, 0.29) is 18.3 Å². The summed E-state index contributed by atoms with van der Waals surface area (Å²) in [6.07, 6.45) is 8.00. The van der Waals surface area contributed by atoms with E-state index in [4.69, 9.17) is 0 Å². The van der Waals surface area contributed by atoms with Crippen LogP contribution < -0.4 is 10.6 Å². The Balaban J connectivity index is 0.00000200. The first kappa shape index (κ1) is 18.0. The van der Waals surface area contributed by atoms with Crippen LogP contribution in [-0.2, 0) is 0 Å². The molecule has 0 saturated heterocycles. The molecule has 0 atom stereocenters. The van der Waals surface area contributed by atoms with Gasteiger partial charge in [-0.2, -0.15) is 0 Å². The number of rotatable bonds is 5. The monoisotopic (exact) mass is 380 g/mol. The third-order valence-corrected chi connectivity index (χ3v) is 5.36. The molecule has 1 aliphatic rings. The topological polar surface area (TPSA) is 41.1 Å². The van der Waals surface area contributed by atoms with E-state index in [1.54, 1.807) is 0 Å². The zero-order chi connectivity index (χ0) is 13.5. The minimum absolute atomic E-state index is 0. The lowest BCUT2D eigenvalue weighted by molar-refractivity contribution is 0.0957. The third-order valence-electron chi connectivity index (χ3n) is 3.52. The van der Waals surface area contributed by atoms with E-state index in [1.165, 1.54) is 49.9 Å². The zero-order valence-corrected chi connectivity index (χ0v) is 14.7. The molecule has 1 amide bonds. The Bertz CT molecular complexity index is 406. The van der Waals surface area contributed by atoms with E-state index in [2.05, 4.69) is 26.6 Å². The summed E-state index contributed by atoms with van der Waals surface area (Å²) in [6.45, 7) is 1.55. The van der Waals surface area contributed by atoms with Crippen LogP contribution in [0.15, 0.2) is 15.9 Å². The van der Waals surface area contributed by atoms with Crippen LogP contribution in [0.4, 0.5) is 0 Å². The van der Waals surface area contributed by atoms with Gasteiger partial charge in [0.2, 0.25) is 0 Å². The van der Waals surface area contributed by atoms with Crippen LogP contribution in [0.25, 0.3) is 0 Å². The van der Waals surface area contributed by atoms with Gasteiger partial charge < -0.3 is 10.6 Å². The first-order chi connectivity index (χ1) is 9.27. The molecule has 0 aliphatic heterocycles. The van der Waals surface area contributed by atoms with Crippen LogP contribution >= 0.6 is 39.7 Å². The zero-order valence-electron chi connectivity index (χ0n) is 11.5. The van der Waals surface area contributed by atoms with E-state index in [0.29, 0.717) is 12.6 Å². The van der Waals surface area contributed by atoms with Crippen LogP contribution in [-0.4, -0.2) is 25.0 Å². The summed E-state index contributed by atoms with van der Waals surface area (Å²) in [5.41, 5.74) is 0. The second-order valence-electron chi connectivity index (χ2n) is 5.00. The van der Waals surface area contributed by atoms with Crippen LogP contribution in [0.1, 0.15) is 48.2 Å². The fraction of sp³-hybridized carbons (Fsp3) is 0.643. The Kier molecular flexibility index (Phi) is 8.77. The van der Waals surface area contributed by atoms with Crippen molar-refractivity contribution in [2.24, 2.45) is 0 Å². The highest BCUT2D eigenvalue weighted by atomic mass is 79.9. The number of hydrogen-bond acceptors (Lipinski definition) is 3. The highest BCUT2D eigenvalue weighted by molar-refractivity contribution is 9.10. The Morgan fingerprint density at radius 3 is 2.55 bits per heavy atom. The lowest BCUT2D eigenvalue weighted by atomic mass is 10.1. The van der Waals surface area contributed by atoms with Gasteiger partial charge in [-0.3, -0.25) is 4.79 Å². The molecule has 1 aliphatic carbocycles. The molecular formula is C14H22BrClN2OS. The van der Waals surface area contributed by atoms with Gasteiger partial charge in [-0.25, -0.2) is 0 Å². The third kappa shape index (κ3) is 5.72. The molecule has 114 valence electrons. The van der Waals surface area contributed by atoms with Crippen LogP contribution in [0.2, 0.25) is 0 Å². The molecule has 0 aromatic carbocycles. The molecule has 1 aromatic heterocycles. The predicted molar refractivity (Wildman–Crippen MR) is 91.1 cm³/mol. The van der Waals surface area contributed by atoms with Gasteiger partial charge in [-0.05, 0) is 40.2 Å².